The van der Waals surface area contributed by atoms with Crippen molar-refractivity contribution in [2.75, 3.05) is 0 Å². The van der Waals surface area contributed by atoms with Crippen molar-refractivity contribution in [3.63, 3.8) is 0 Å². The summed E-state index contributed by atoms with van der Waals surface area (Å²) in [5, 5.41) is 2.76. The Morgan fingerprint density at radius 2 is 1.89 bits per heavy atom. The Morgan fingerprint density at radius 3 is 2.42 bits per heavy atom. The molecule has 0 amide bonds. The molecule has 19 heavy (non-hydrogen) atoms. The molecule has 1 heterocycles. The van der Waals surface area contributed by atoms with Gasteiger partial charge in [0.1, 0.15) is 5.69 Å². The molecule has 1 aromatic carbocycles. The van der Waals surface area contributed by atoms with Gasteiger partial charge >= 0.3 is 0 Å². The molecular formula is C16H19NOS. The molecule has 0 N–H and O–H groups in total. The number of rotatable bonds is 2. The molecule has 0 aliphatic carbocycles. The Labute approximate surface area is 118 Å². The monoisotopic (exact) mass is 273 g/mol. The van der Waals surface area contributed by atoms with Crippen LogP contribution in [0.15, 0.2) is 23.6 Å². The second-order valence-corrected chi connectivity index (χ2v) is 6.92. The van der Waals surface area contributed by atoms with Gasteiger partial charge in [-0.15, -0.1) is 11.3 Å². The first-order valence-corrected chi connectivity index (χ1v) is 7.25. The second kappa shape index (κ2) is 4.89. The minimum atomic E-state index is 0.0212. The van der Waals surface area contributed by atoms with Crippen LogP contribution >= 0.6 is 11.3 Å². The summed E-state index contributed by atoms with van der Waals surface area (Å²) in [4.78, 5) is 16.8. The fraction of sp³-hybridized carbons (Fsp3) is 0.375. The van der Waals surface area contributed by atoms with Crippen molar-refractivity contribution in [1.82, 2.24) is 4.98 Å². The predicted molar refractivity (Wildman–Crippen MR) is 80.2 cm³/mol. The van der Waals surface area contributed by atoms with Crippen molar-refractivity contribution >= 4 is 17.1 Å². The molecule has 0 fully saturated rings. The zero-order valence-corrected chi connectivity index (χ0v) is 12.9. The van der Waals surface area contributed by atoms with Crippen LogP contribution in [0.4, 0.5) is 0 Å². The molecule has 0 saturated carbocycles. The van der Waals surface area contributed by atoms with E-state index >= 15 is 0 Å². The number of ketones is 1. The second-order valence-electron chi connectivity index (χ2n) is 5.86. The molecule has 0 spiro atoms. The number of hydrogen-bond acceptors (Lipinski definition) is 3. The van der Waals surface area contributed by atoms with Crippen LogP contribution in [0.1, 0.15) is 53.0 Å². The first kappa shape index (κ1) is 13.9. The van der Waals surface area contributed by atoms with Gasteiger partial charge in [-0.3, -0.25) is 4.79 Å². The van der Waals surface area contributed by atoms with E-state index in [2.05, 4.69) is 31.8 Å². The number of carbonyl (C=O) groups excluding carboxylic acids is 1. The smallest absolute Gasteiger partial charge is 0.212 e. The summed E-state index contributed by atoms with van der Waals surface area (Å²) in [7, 11) is 0. The maximum Gasteiger partial charge on any atom is 0.212 e. The summed E-state index contributed by atoms with van der Waals surface area (Å²) >= 11 is 1.51. The van der Waals surface area contributed by atoms with Gasteiger partial charge in [0, 0.05) is 10.9 Å². The quantitative estimate of drug-likeness (QED) is 0.764. The van der Waals surface area contributed by atoms with Gasteiger partial charge < -0.3 is 0 Å². The average Bonchev–Trinajstić information content (AvgIpc) is 2.74. The molecule has 1 aromatic heterocycles. The van der Waals surface area contributed by atoms with Gasteiger partial charge in [0.15, 0.2) is 0 Å². The van der Waals surface area contributed by atoms with E-state index < -0.39 is 0 Å². The fourth-order valence-electron chi connectivity index (χ4n) is 1.94. The highest BCUT2D eigenvalue weighted by Crippen LogP contribution is 2.26. The van der Waals surface area contributed by atoms with Gasteiger partial charge in [-0.2, -0.15) is 0 Å². The summed E-state index contributed by atoms with van der Waals surface area (Å²) in [6.45, 7) is 10.3. The van der Waals surface area contributed by atoms with Crippen LogP contribution < -0.4 is 0 Å². The largest absolute Gasteiger partial charge is 0.287 e. The molecule has 0 unspecified atom stereocenters. The normalized spacial score (nSPS) is 11.6. The van der Waals surface area contributed by atoms with Gasteiger partial charge in [0.2, 0.25) is 5.78 Å². The number of thiazole rings is 1. The van der Waals surface area contributed by atoms with Crippen molar-refractivity contribution in [2.45, 2.75) is 40.0 Å². The lowest BCUT2D eigenvalue weighted by molar-refractivity contribution is 0.103. The standard InChI is InChI=1S/C16H19NOS/c1-10-6-7-12(16(3,4)5)8-13(10)15(18)14-9-19-11(2)17-14/h6-9H,1-5H3. The van der Waals surface area contributed by atoms with Crippen LogP contribution in [0.25, 0.3) is 0 Å². The Bertz CT molecular complexity index is 620. The molecule has 2 aromatic rings. The van der Waals surface area contributed by atoms with Gasteiger partial charge in [0.25, 0.3) is 0 Å². The summed E-state index contributed by atoms with van der Waals surface area (Å²) in [5.41, 5.74) is 3.53. The van der Waals surface area contributed by atoms with Crippen LogP contribution in [0, 0.1) is 13.8 Å². The summed E-state index contributed by atoms with van der Waals surface area (Å²) in [6.07, 6.45) is 0. The topological polar surface area (TPSA) is 30.0 Å². The molecule has 0 aliphatic heterocycles. The molecule has 0 atom stereocenters. The van der Waals surface area contributed by atoms with Crippen LogP contribution in [0.2, 0.25) is 0 Å². The van der Waals surface area contributed by atoms with Gasteiger partial charge in [0.05, 0.1) is 5.01 Å². The molecule has 0 radical (unpaired) electrons. The molecule has 2 rings (SSSR count). The molecule has 0 saturated heterocycles. The first-order valence-electron chi connectivity index (χ1n) is 6.37. The minimum Gasteiger partial charge on any atom is -0.287 e. The highest BCUT2D eigenvalue weighted by atomic mass is 32.1. The van der Waals surface area contributed by atoms with Crippen molar-refractivity contribution in [1.29, 1.82) is 0 Å². The lowest BCUT2D eigenvalue weighted by atomic mass is 9.84. The average molecular weight is 273 g/mol. The predicted octanol–water partition coefficient (Wildman–Crippen LogP) is 4.29. The Balaban J connectivity index is 2.47. The summed E-state index contributed by atoms with van der Waals surface area (Å²) in [5.74, 6) is 0.0212. The van der Waals surface area contributed by atoms with Crippen molar-refractivity contribution in [3.8, 4) is 0 Å². The van der Waals surface area contributed by atoms with E-state index in [-0.39, 0.29) is 11.2 Å². The van der Waals surface area contributed by atoms with Crippen LogP contribution in [0.3, 0.4) is 0 Å². The first-order chi connectivity index (χ1) is 8.79. The molecule has 0 bridgehead atoms. The number of aryl methyl sites for hydroxylation is 2. The highest BCUT2D eigenvalue weighted by Gasteiger charge is 2.19. The van der Waals surface area contributed by atoms with E-state index in [9.17, 15) is 4.79 Å². The lowest BCUT2D eigenvalue weighted by Gasteiger charge is -2.20. The Morgan fingerprint density at radius 1 is 1.21 bits per heavy atom. The van der Waals surface area contributed by atoms with Crippen LogP contribution in [0.5, 0.6) is 0 Å². The third-order valence-corrected chi connectivity index (χ3v) is 3.97. The summed E-state index contributed by atoms with van der Waals surface area (Å²) < 4.78 is 0. The van der Waals surface area contributed by atoms with Crippen LogP contribution in [-0.4, -0.2) is 10.8 Å². The molecular weight excluding hydrogens is 254 g/mol. The van der Waals surface area contributed by atoms with E-state index in [1.54, 1.807) is 0 Å². The van der Waals surface area contributed by atoms with Crippen molar-refractivity contribution < 1.29 is 4.79 Å². The lowest BCUT2D eigenvalue weighted by Crippen LogP contribution is -2.13. The number of hydrogen-bond donors (Lipinski definition) is 0. The van der Waals surface area contributed by atoms with E-state index in [0.717, 1.165) is 16.1 Å². The van der Waals surface area contributed by atoms with E-state index in [1.165, 1.54) is 16.9 Å². The number of benzene rings is 1. The summed E-state index contributed by atoms with van der Waals surface area (Å²) in [6, 6.07) is 6.12. The van der Waals surface area contributed by atoms with Crippen molar-refractivity contribution in [2.24, 2.45) is 0 Å². The van der Waals surface area contributed by atoms with Crippen LogP contribution in [-0.2, 0) is 5.41 Å². The molecule has 100 valence electrons. The zero-order valence-electron chi connectivity index (χ0n) is 12.1. The van der Waals surface area contributed by atoms with E-state index in [1.807, 2.05) is 31.4 Å². The van der Waals surface area contributed by atoms with Gasteiger partial charge in [-0.25, -0.2) is 4.98 Å². The Kier molecular flexibility index (Phi) is 3.59. The molecule has 0 aliphatic rings. The third-order valence-electron chi connectivity index (χ3n) is 3.20. The molecule has 2 nitrogen and oxygen atoms in total. The fourth-order valence-corrected chi connectivity index (χ4v) is 2.53. The van der Waals surface area contributed by atoms with E-state index in [4.69, 9.17) is 0 Å². The Hall–Kier alpha value is -1.48. The maximum atomic E-state index is 12.5. The minimum absolute atomic E-state index is 0.0212. The zero-order chi connectivity index (χ0) is 14.2. The SMILES string of the molecule is Cc1nc(C(=O)c2cc(C(C)(C)C)ccc2C)cs1. The van der Waals surface area contributed by atoms with Gasteiger partial charge in [-0.05, 0) is 36.5 Å². The molecule has 3 heteroatoms. The number of carbonyl (C=O) groups is 1. The highest BCUT2D eigenvalue weighted by molar-refractivity contribution is 7.09. The van der Waals surface area contributed by atoms with Gasteiger partial charge in [-0.1, -0.05) is 32.9 Å². The van der Waals surface area contributed by atoms with Crippen molar-refractivity contribution in [3.05, 3.63) is 51.0 Å². The third kappa shape index (κ3) is 2.92. The number of aromatic nitrogens is 1. The number of nitrogens with zero attached hydrogens (tertiary/aromatic N) is 1. The maximum absolute atomic E-state index is 12.5. The van der Waals surface area contributed by atoms with E-state index in [0.29, 0.717) is 5.69 Å².